The van der Waals surface area contributed by atoms with E-state index in [9.17, 15) is 9.59 Å². The summed E-state index contributed by atoms with van der Waals surface area (Å²) in [4.78, 5) is 26.5. The number of hydrogen-bond acceptors (Lipinski definition) is 2. The van der Waals surface area contributed by atoms with Crippen LogP contribution in [-0.2, 0) is 16.9 Å². The Hall–Kier alpha value is -2.14. The van der Waals surface area contributed by atoms with Gasteiger partial charge in [0.1, 0.15) is 5.54 Å². The molecule has 1 fully saturated rings. The van der Waals surface area contributed by atoms with Crippen LogP contribution in [0.25, 0.3) is 0 Å². The molecule has 118 valence electrons. The molecular weight excluding hydrogens is 356 g/mol. The Balaban J connectivity index is 1.91. The van der Waals surface area contributed by atoms with Crippen molar-refractivity contribution in [2.45, 2.75) is 25.9 Å². The smallest absolute Gasteiger partial charge is 0.319 e. The summed E-state index contributed by atoms with van der Waals surface area (Å²) in [5, 5.41) is 2.83. The first-order valence-electron chi connectivity index (χ1n) is 7.36. The fraction of sp³-hybridized carbons (Fsp3) is 0.222. The number of nitrogens with zero attached hydrogens (tertiary/aromatic N) is 1. The second-order valence-corrected chi connectivity index (χ2v) is 6.77. The van der Waals surface area contributed by atoms with Gasteiger partial charge >= 0.3 is 6.03 Å². The Morgan fingerprint density at radius 1 is 1.09 bits per heavy atom. The van der Waals surface area contributed by atoms with Crippen LogP contribution in [0.15, 0.2) is 53.0 Å². The number of aryl methyl sites for hydroxylation is 1. The van der Waals surface area contributed by atoms with E-state index in [0.29, 0.717) is 0 Å². The van der Waals surface area contributed by atoms with Crippen molar-refractivity contribution in [2.24, 2.45) is 0 Å². The molecule has 1 atom stereocenters. The molecule has 1 unspecified atom stereocenters. The van der Waals surface area contributed by atoms with Crippen LogP contribution in [0.1, 0.15) is 23.6 Å². The summed E-state index contributed by atoms with van der Waals surface area (Å²) in [5.41, 5.74) is 1.77. The summed E-state index contributed by atoms with van der Waals surface area (Å²) in [7, 11) is 0. The van der Waals surface area contributed by atoms with Crippen LogP contribution < -0.4 is 5.32 Å². The van der Waals surface area contributed by atoms with Crippen LogP contribution in [-0.4, -0.2) is 16.8 Å². The highest BCUT2D eigenvalue weighted by molar-refractivity contribution is 9.10. The molecular formula is C18H17BrN2O2. The van der Waals surface area contributed by atoms with E-state index in [0.717, 1.165) is 21.2 Å². The number of benzene rings is 2. The summed E-state index contributed by atoms with van der Waals surface area (Å²) in [6, 6.07) is 14.9. The lowest BCUT2D eigenvalue weighted by Crippen LogP contribution is -2.41. The molecule has 0 saturated carbocycles. The number of nitrogens with one attached hydrogen (secondary N) is 1. The topological polar surface area (TPSA) is 49.4 Å². The van der Waals surface area contributed by atoms with Crippen LogP contribution in [0, 0.1) is 6.92 Å². The maximum atomic E-state index is 12.9. The Morgan fingerprint density at radius 3 is 2.39 bits per heavy atom. The first-order valence-corrected chi connectivity index (χ1v) is 8.16. The van der Waals surface area contributed by atoms with Gasteiger partial charge in [0.05, 0.1) is 6.54 Å². The van der Waals surface area contributed by atoms with Crippen molar-refractivity contribution in [3.8, 4) is 0 Å². The van der Waals surface area contributed by atoms with Gasteiger partial charge in [-0.3, -0.25) is 9.69 Å². The molecule has 1 heterocycles. The highest BCUT2D eigenvalue weighted by Crippen LogP contribution is 2.34. The first-order chi connectivity index (χ1) is 10.9. The van der Waals surface area contributed by atoms with Gasteiger partial charge in [-0.1, -0.05) is 64.0 Å². The van der Waals surface area contributed by atoms with Crippen molar-refractivity contribution in [1.82, 2.24) is 10.2 Å². The number of imide groups is 1. The molecule has 3 amide bonds. The van der Waals surface area contributed by atoms with Gasteiger partial charge < -0.3 is 5.32 Å². The van der Waals surface area contributed by atoms with Gasteiger partial charge in [0.25, 0.3) is 5.91 Å². The van der Waals surface area contributed by atoms with Crippen LogP contribution in [0.4, 0.5) is 4.79 Å². The standard InChI is InChI=1S/C18H17BrN2O2/c1-12-7-9-13(10-8-12)11-21-16(22)18(2,20-17(21)23)14-5-3-4-6-15(14)19/h3-10H,11H2,1-2H3,(H,20,23). The fourth-order valence-electron chi connectivity index (χ4n) is 2.77. The molecule has 1 aliphatic rings. The highest BCUT2D eigenvalue weighted by Gasteiger charge is 2.49. The Labute approximate surface area is 143 Å². The predicted octanol–water partition coefficient (Wildman–Crippen LogP) is 3.72. The van der Waals surface area contributed by atoms with Gasteiger partial charge in [0, 0.05) is 10.0 Å². The average molecular weight is 373 g/mol. The largest absolute Gasteiger partial charge is 0.325 e. The summed E-state index contributed by atoms with van der Waals surface area (Å²) in [6.45, 7) is 4.01. The molecule has 2 aromatic carbocycles. The van der Waals surface area contributed by atoms with Crippen LogP contribution in [0.5, 0.6) is 0 Å². The summed E-state index contributed by atoms with van der Waals surface area (Å²) < 4.78 is 0.799. The monoisotopic (exact) mass is 372 g/mol. The van der Waals surface area contributed by atoms with E-state index < -0.39 is 5.54 Å². The van der Waals surface area contributed by atoms with E-state index in [2.05, 4.69) is 21.2 Å². The minimum atomic E-state index is -1.05. The molecule has 0 radical (unpaired) electrons. The minimum absolute atomic E-state index is 0.241. The minimum Gasteiger partial charge on any atom is -0.319 e. The molecule has 1 saturated heterocycles. The van der Waals surface area contributed by atoms with E-state index in [4.69, 9.17) is 0 Å². The first kappa shape index (κ1) is 15.7. The third-order valence-electron chi connectivity index (χ3n) is 4.15. The third-order valence-corrected chi connectivity index (χ3v) is 4.84. The van der Waals surface area contributed by atoms with Crippen LogP contribution in [0.3, 0.4) is 0 Å². The predicted molar refractivity (Wildman–Crippen MR) is 91.8 cm³/mol. The number of halogens is 1. The van der Waals surface area contributed by atoms with Crippen LogP contribution in [0.2, 0.25) is 0 Å². The van der Waals surface area contributed by atoms with E-state index in [1.165, 1.54) is 4.90 Å². The zero-order valence-corrected chi connectivity index (χ0v) is 14.6. The number of amides is 3. The lowest BCUT2D eigenvalue weighted by Gasteiger charge is -2.23. The molecule has 4 nitrogen and oxygen atoms in total. The molecule has 0 aliphatic carbocycles. The highest BCUT2D eigenvalue weighted by atomic mass is 79.9. The second-order valence-electron chi connectivity index (χ2n) is 5.91. The molecule has 23 heavy (non-hydrogen) atoms. The molecule has 0 bridgehead atoms. The summed E-state index contributed by atoms with van der Waals surface area (Å²) in [5.74, 6) is -0.241. The zero-order chi connectivity index (χ0) is 16.6. The molecule has 2 aromatic rings. The fourth-order valence-corrected chi connectivity index (χ4v) is 3.45. The van der Waals surface area contributed by atoms with Gasteiger partial charge in [-0.2, -0.15) is 0 Å². The van der Waals surface area contributed by atoms with Gasteiger partial charge in [-0.15, -0.1) is 0 Å². The van der Waals surface area contributed by atoms with E-state index >= 15 is 0 Å². The Bertz CT molecular complexity index is 773. The normalized spacial score (nSPS) is 20.7. The lowest BCUT2D eigenvalue weighted by atomic mass is 9.92. The lowest BCUT2D eigenvalue weighted by molar-refractivity contribution is -0.131. The maximum absolute atomic E-state index is 12.9. The van der Waals surface area contributed by atoms with Crippen molar-refractivity contribution < 1.29 is 9.59 Å². The number of carbonyl (C=O) groups excluding carboxylic acids is 2. The average Bonchev–Trinajstić information content (AvgIpc) is 2.74. The van der Waals surface area contributed by atoms with Crippen LogP contribution >= 0.6 is 15.9 Å². The SMILES string of the molecule is Cc1ccc(CN2C(=O)NC(C)(c3ccccc3Br)C2=O)cc1. The van der Waals surface area contributed by atoms with Crippen molar-refractivity contribution in [3.05, 3.63) is 69.7 Å². The number of carbonyl (C=O) groups is 2. The Kier molecular flexibility index (Phi) is 3.98. The summed E-state index contributed by atoms with van der Waals surface area (Å²) in [6.07, 6.45) is 0. The second kappa shape index (κ2) is 5.81. The molecule has 0 aromatic heterocycles. The van der Waals surface area contributed by atoms with Crippen molar-refractivity contribution >= 4 is 27.9 Å². The van der Waals surface area contributed by atoms with Crippen molar-refractivity contribution in [1.29, 1.82) is 0 Å². The quantitative estimate of drug-likeness (QED) is 0.834. The molecule has 1 aliphatic heterocycles. The molecule has 5 heteroatoms. The molecule has 1 N–H and O–H groups in total. The summed E-state index contributed by atoms with van der Waals surface area (Å²) >= 11 is 3.46. The van der Waals surface area contributed by atoms with Gasteiger partial charge in [-0.25, -0.2) is 4.79 Å². The van der Waals surface area contributed by atoms with Crippen molar-refractivity contribution in [3.63, 3.8) is 0 Å². The number of urea groups is 1. The number of hydrogen-bond donors (Lipinski definition) is 1. The molecule has 0 spiro atoms. The number of rotatable bonds is 3. The van der Waals surface area contributed by atoms with E-state index in [1.54, 1.807) is 6.92 Å². The van der Waals surface area contributed by atoms with Gasteiger partial charge in [0.2, 0.25) is 0 Å². The van der Waals surface area contributed by atoms with Crippen molar-refractivity contribution in [2.75, 3.05) is 0 Å². The van der Waals surface area contributed by atoms with Gasteiger partial charge in [0.15, 0.2) is 0 Å². The van der Waals surface area contributed by atoms with E-state index in [-0.39, 0.29) is 18.5 Å². The Morgan fingerprint density at radius 2 is 1.74 bits per heavy atom. The third kappa shape index (κ3) is 2.77. The maximum Gasteiger partial charge on any atom is 0.325 e. The zero-order valence-electron chi connectivity index (χ0n) is 13.0. The van der Waals surface area contributed by atoms with Gasteiger partial charge in [-0.05, 0) is 25.5 Å². The molecule has 3 rings (SSSR count). The van der Waals surface area contributed by atoms with E-state index in [1.807, 2.05) is 55.5 Å².